The fourth-order valence-electron chi connectivity index (χ4n) is 1.93. The number of ether oxygens (including phenoxy) is 1. The number of methoxy groups -OCH3 is 1. The van der Waals surface area contributed by atoms with E-state index in [4.69, 9.17) is 4.74 Å². The van der Waals surface area contributed by atoms with E-state index in [1.807, 2.05) is 0 Å². The molecule has 0 saturated heterocycles. The highest BCUT2D eigenvalue weighted by molar-refractivity contribution is 5.45. The second-order valence-electron chi connectivity index (χ2n) is 3.47. The largest absolute Gasteiger partial charge is 0.496 e. The second-order valence-corrected chi connectivity index (χ2v) is 3.47. The minimum Gasteiger partial charge on any atom is -0.496 e. The van der Waals surface area contributed by atoms with Crippen LogP contribution in [0.4, 0.5) is 0 Å². The van der Waals surface area contributed by atoms with E-state index in [1.54, 1.807) is 7.11 Å². The summed E-state index contributed by atoms with van der Waals surface area (Å²) in [7, 11) is 1.74. The lowest BCUT2D eigenvalue weighted by atomic mass is 9.96. The van der Waals surface area contributed by atoms with Gasteiger partial charge in [0.1, 0.15) is 5.75 Å². The van der Waals surface area contributed by atoms with Crippen LogP contribution < -0.4 is 10.1 Å². The number of hydrogen-bond donors (Lipinski definition) is 1. The first-order valence-corrected chi connectivity index (χ1v) is 4.69. The van der Waals surface area contributed by atoms with Crippen LogP contribution in [-0.2, 0) is 13.0 Å². The average molecular weight is 177 g/mol. The maximum Gasteiger partial charge on any atom is 0.122 e. The van der Waals surface area contributed by atoms with Gasteiger partial charge in [0.2, 0.25) is 0 Å². The van der Waals surface area contributed by atoms with Crippen LogP contribution in [0, 0.1) is 6.92 Å². The molecule has 2 nitrogen and oxygen atoms in total. The van der Waals surface area contributed by atoms with Gasteiger partial charge in [0.25, 0.3) is 0 Å². The van der Waals surface area contributed by atoms with Gasteiger partial charge in [0.05, 0.1) is 7.11 Å². The number of nitrogens with one attached hydrogen (secondary N) is 1. The van der Waals surface area contributed by atoms with Crippen molar-refractivity contribution in [1.29, 1.82) is 0 Å². The summed E-state index contributed by atoms with van der Waals surface area (Å²) in [6.45, 7) is 4.20. The Balaban J connectivity index is 2.52. The van der Waals surface area contributed by atoms with E-state index in [-0.39, 0.29) is 0 Å². The lowest BCUT2D eigenvalue weighted by Gasteiger charge is -2.21. The van der Waals surface area contributed by atoms with E-state index < -0.39 is 0 Å². The first kappa shape index (κ1) is 8.57. The minimum absolute atomic E-state index is 0.984. The van der Waals surface area contributed by atoms with Crippen LogP contribution in [-0.4, -0.2) is 13.7 Å². The third-order valence-electron chi connectivity index (χ3n) is 2.70. The summed E-state index contributed by atoms with van der Waals surface area (Å²) in [5.74, 6) is 1.04. The Hall–Kier alpha value is -1.02. The molecule has 1 aliphatic rings. The molecule has 0 radical (unpaired) electrons. The molecule has 1 aromatic rings. The van der Waals surface area contributed by atoms with Crippen LogP contribution in [0.1, 0.15) is 16.7 Å². The number of benzene rings is 1. The van der Waals surface area contributed by atoms with Gasteiger partial charge in [-0.15, -0.1) is 0 Å². The SMILES string of the molecule is COc1ccc(C)c2c1CCNC2. The molecule has 0 fully saturated rings. The fourth-order valence-corrected chi connectivity index (χ4v) is 1.93. The summed E-state index contributed by atoms with van der Waals surface area (Å²) in [6, 6.07) is 4.20. The highest BCUT2D eigenvalue weighted by Gasteiger charge is 2.14. The van der Waals surface area contributed by atoms with Crippen LogP contribution in [0.15, 0.2) is 12.1 Å². The molecule has 0 aliphatic carbocycles. The zero-order valence-electron chi connectivity index (χ0n) is 8.18. The van der Waals surface area contributed by atoms with Crippen molar-refractivity contribution in [3.8, 4) is 5.75 Å². The molecule has 1 aromatic carbocycles. The molecule has 0 unspecified atom stereocenters. The van der Waals surface area contributed by atoms with Crippen LogP contribution in [0.3, 0.4) is 0 Å². The smallest absolute Gasteiger partial charge is 0.122 e. The number of hydrogen-bond acceptors (Lipinski definition) is 2. The molecule has 1 N–H and O–H groups in total. The molecule has 0 aromatic heterocycles. The van der Waals surface area contributed by atoms with Crippen LogP contribution in [0.25, 0.3) is 0 Å². The molecule has 0 amide bonds. The zero-order valence-corrected chi connectivity index (χ0v) is 8.18. The van der Waals surface area contributed by atoms with Crippen LogP contribution >= 0.6 is 0 Å². The molecule has 2 heteroatoms. The van der Waals surface area contributed by atoms with Gasteiger partial charge < -0.3 is 10.1 Å². The highest BCUT2D eigenvalue weighted by atomic mass is 16.5. The second kappa shape index (κ2) is 3.38. The molecule has 1 heterocycles. The number of rotatable bonds is 1. The van der Waals surface area contributed by atoms with E-state index in [2.05, 4.69) is 24.4 Å². The maximum absolute atomic E-state index is 5.34. The van der Waals surface area contributed by atoms with Crippen LogP contribution in [0.5, 0.6) is 5.75 Å². The summed E-state index contributed by atoms with van der Waals surface area (Å²) in [6.07, 6.45) is 1.08. The monoisotopic (exact) mass is 177 g/mol. The molecule has 1 aliphatic heterocycles. The lowest BCUT2D eigenvalue weighted by Crippen LogP contribution is -2.24. The summed E-state index contributed by atoms with van der Waals surface area (Å²) >= 11 is 0. The van der Waals surface area contributed by atoms with E-state index >= 15 is 0 Å². The summed E-state index contributed by atoms with van der Waals surface area (Å²) < 4.78 is 5.34. The Morgan fingerprint density at radius 1 is 1.31 bits per heavy atom. The first-order valence-electron chi connectivity index (χ1n) is 4.69. The van der Waals surface area contributed by atoms with E-state index in [0.29, 0.717) is 0 Å². The summed E-state index contributed by atoms with van der Waals surface area (Å²) in [5, 5.41) is 3.38. The molecule has 0 spiro atoms. The van der Waals surface area contributed by atoms with Crippen molar-refractivity contribution >= 4 is 0 Å². The van der Waals surface area contributed by atoms with E-state index in [0.717, 1.165) is 25.3 Å². The lowest BCUT2D eigenvalue weighted by molar-refractivity contribution is 0.405. The third kappa shape index (κ3) is 1.42. The van der Waals surface area contributed by atoms with Gasteiger partial charge >= 0.3 is 0 Å². The molecule has 13 heavy (non-hydrogen) atoms. The van der Waals surface area contributed by atoms with Crippen LogP contribution in [0.2, 0.25) is 0 Å². The Morgan fingerprint density at radius 3 is 2.92 bits per heavy atom. The van der Waals surface area contributed by atoms with Gasteiger partial charge in [-0.25, -0.2) is 0 Å². The van der Waals surface area contributed by atoms with Gasteiger partial charge in [-0.1, -0.05) is 6.07 Å². The van der Waals surface area contributed by atoms with Gasteiger partial charge in [0.15, 0.2) is 0 Å². The Morgan fingerprint density at radius 2 is 2.15 bits per heavy atom. The Kier molecular flexibility index (Phi) is 2.23. The van der Waals surface area contributed by atoms with Crippen molar-refractivity contribution in [2.75, 3.05) is 13.7 Å². The topological polar surface area (TPSA) is 21.3 Å². The van der Waals surface area contributed by atoms with Gasteiger partial charge in [-0.05, 0) is 37.1 Å². The molecular formula is C11H15NO. The van der Waals surface area contributed by atoms with E-state index in [9.17, 15) is 0 Å². The quantitative estimate of drug-likeness (QED) is 0.704. The van der Waals surface area contributed by atoms with Gasteiger partial charge in [-0.2, -0.15) is 0 Å². The standard InChI is InChI=1S/C11H15NO/c1-8-3-4-11(13-2)9-5-6-12-7-10(8)9/h3-4,12H,5-7H2,1-2H3. The zero-order chi connectivity index (χ0) is 9.26. The van der Waals surface area contributed by atoms with Crippen molar-refractivity contribution in [2.45, 2.75) is 19.9 Å². The predicted molar refractivity (Wildman–Crippen MR) is 53.1 cm³/mol. The van der Waals surface area contributed by atoms with Gasteiger partial charge in [0, 0.05) is 12.1 Å². The molecule has 0 saturated carbocycles. The summed E-state index contributed by atoms with van der Waals surface area (Å²) in [5.41, 5.74) is 4.18. The average Bonchev–Trinajstić information content (AvgIpc) is 2.19. The predicted octanol–water partition coefficient (Wildman–Crippen LogP) is 1.65. The minimum atomic E-state index is 0.984. The van der Waals surface area contributed by atoms with Crippen molar-refractivity contribution in [3.05, 3.63) is 28.8 Å². The molecule has 0 bridgehead atoms. The maximum atomic E-state index is 5.34. The third-order valence-corrected chi connectivity index (χ3v) is 2.70. The summed E-state index contributed by atoms with van der Waals surface area (Å²) in [4.78, 5) is 0. The van der Waals surface area contributed by atoms with Crippen molar-refractivity contribution in [2.24, 2.45) is 0 Å². The molecule has 2 rings (SSSR count). The Bertz CT molecular complexity index is 320. The van der Waals surface area contributed by atoms with Crippen molar-refractivity contribution < 1.29 is 4.74 Å². The van der Waals surface area contributed by atoms with Crippen molar-refractivity contribution in [3.63, 3.8) is 0 Å². The highest BCUT2D eigenvalue weighted by Crippen LogP contribution is 2.27. The van der Waals surface area contributed by atoms with E-state index in [1.165, 1.54) is 16.7 Å². The molecule has 0 atom stereocenters. The molecular weight excluding hydrogens is 162 g/mol. The van der Waals surface area contributed by atoms with Crippen molar-refractivity contribution in [1.82, 2.24) is 5.32 Å². The number of aryl methyl sites for hydroxylation is 1. The Labute approximate surface area is 78.9 Å². The molecule has 70 valence electrons. The first-order chi connectivity index (χ1) is 6.33. The number of fused-ring (bicyclic) bond motifs is 1. The van der Waals surface area contributed by atoms with Gasteiger partial charge in [-0.3, -0.25) is 0 Å². The normalized spacial score (nSPS) is 15.2. The fraction of sp³-hybridized carbons (Fsp3) is 0.455.